The molecule has 0 atom stereocenters. The van der Waals surface area contributed by atoms with Crippen molar-refractivity contribution in [3.8, 4) is 11.1 Å². The first-order chi connectivity index (χ1) is 14.8. The molecule has 1 amide bonds. The highest BCUT2D eigenvalue weighted by atomic mass is 19.1. The summed E-state index contributed by atoms with van der Waals surface area (Å²) in [6, 6.07) is 13.3. The molecule has 0 aliphatic carbocycles. The summed E-state index contributed by atoms with van der Waals surface area (Å²) in [6.45, 7) is 1.74. The number of aromatic nitrogens is 1. The molecule has 0 N–H and O–H groups in total. The molecule has 0 radical (unpaired) electrons. The molecule has 0 spiro atoms. The predicted molar refractivity (Wildman–Crippen MR) is 112 cm³/mol. The molecular formula is C24H21F3N2O2. The molecule has 0 bridgehead atoms. The summed E-state index contributed by atoms with van der Waals surface area (Å²) in [5.41, 5.74) is 1.96. The number of amides is 1. The smallest absolute Gasteiger partial charge is 0.226 e. The molecule has 0 unspecified atom stereocenters. The number of carbonyl (C=O) groups excluding carboxylic acids is 2. The molecule has 3 aromatic rings. The van der Waals surface area contributed by atoms with Gasteiger partial charge in [-0.3, -0.25) is 9.59 Å². The van der Waals surface area contributed by atoms with E-state index in [-0.39, 0.29) is 30.1 Å². The molecule has 3 rings (SSSR count). The first kappa shape index (κ1) is 22.2. The van der Waals surface area contributed by atoms with Crippen LogP contribution < -0.4 is 4.90 Å². The number of benzene rings is 2. The number of Topliss-reactive ketones (excluding diaryl/α,β-unsaturated/α-hetero) is 1. The number of ketones is 1. The van der Waals surface area contributed by atoms with Gasteiger partial charge in [-0.2, -0.15) is 13.8 Å². The van der Waals surface area contributed by atoms with Gasteiger partial charge in [0.15, 0.2) is 5.78 Å². The van der Waals surface area contributed by atoms with Crippen molar-refractivity contribution in [1.82, 2.24) is 4.98 Å². The molecule has 0 saturated carbocycles. The molecular weight excluding hydrogens is 405 g/mol. The van der Waals surface area contributed by atoms with Gasteiger partial charge in [0, 0.05) is 42.3 Å². The summed E-state index contributed by atoms with van der Waals surface area (Å²) in [5.74, 6) is -2.65. The second-order valence-electron chi connectivity index (χ2n) is 7.05. The highest BCUT2D eigenvalue weighted by Crippen LogP contribution is 2.27. The monoisotopic (exact) mass is 426 g/mol. The Labute approximate surface area is 178 Å². The van der Waals surface area contributed by atoms with E-state index < -0.39 is 17.7 Å². The second-order valence-corrected chi connectivity index (χ2v) is 7.05. The van der Waals surface area contributed by atoms with Crippen LogP contribution in [0.1, 0.15) is 35.7 Å². The van der Waals surface area contributed by atoms with Crippen molar-refractivity contribution in [2.75, 3.05) is 11.9 Å². The van der Waals surface area contributed by atoms with Crippen LogP contribution in [-0.2, 0) is 11.2 Å². The molecule has 0 aliphatic rings. The maximum Gasteiger partial charge on any atom is 0.226 e. The van der Waals surface area contributed by atoms with E-state index >= 15 is 0 Å². The molecule has 0 fully saturated rings. The van der Waals surface area contributed by atoms with Gasteiger partial charge < -0.3 is 4.90 Å². The van der Waals surface area contributed by atoms with E-state index in [4.69, 9.17) is 0 Å². The zero-order valence-electron chi connectivity index (χ0n) is 17.2. The van der Waals surface area contributed by atoms with Crippen LogP contribution in [0.5, 0.6) is 0 Å². The van der Waals surface area contributed by atoms with Crippen LogP contribution in [0.3, 0.4) is 0 Å². The largest absolute Gasteiger partial charge is 0.315 e. The summed E-state index contributed by atoms with van der Waals surface area (Å²) >= 11 is 0. The lowest BCUT2D eigenvalue weighted by Crippen LogP contribution is -2.25. The minimum absolute atomic E-state index is 0.0322. The van der Waals surface area contributed by atoms with Gasteiger partial charge in [-0.05, 0) is 42.3 Å². The lowest BCUT2D eigenvalue weighted by molar-refractivity contribution is -0.118. The molecule has 0 saturated heterocycles. The minimum Gasteiger partial charge on any atom is -0.315 e. The van der Waals surface area contributed by atoms with E-state index in [2.05, 4.69) is 4.98 Å². The predicted octanol–water partition coefficient (Wildman–Crippen LogP) is 5.35. The Morgan fingerprint density at radius 3 is 2.29 bits per heavy atom. The minimum atomic E-state index is -0.923. The summed E-state index contributed by atoms with van der Waals surface area (Å²) in [4.78, 5) is 28.7. The molecule has 2 aromatic carbocycles. The normalized spacial score (nSPS) is 10.7. The van der Waals surface area contributed by atoms with Crippen molar-refractivity contribution < 1.29 is 22.8 Å². The van der Waals surface area contributed by atoms with Gasteiger partial charge >= 0.3 is 0 Å². The Hall–Kier alpha value is -3.48. The van der Waals surface area contributed by atoms with E-state index in [0.717, 1.165) is 6.07 Å². The first-order valence-corrected chi connectivity index (χ1v) is 9.80. The average molecular weight is 426 g/mol. The van der Waals surface area contributed by atoms with Crippen molar-refractivity contribution >= 4 is 17.4 Å². The van der Waals surface area contributed by atoms with Crippen LogP contribution in [-0.4, -0.2) is 23.7 Å². The number of pyridine rings is 1. The SMILES string of the molecule is CCC(=O)N(C)c1ccc(-c2ccc(C(=O)CCc3ccc(F)nc3F)cc2)c(F)c1. The van der Waals surface area contributed by atoms with Crippen LogP contribution in [0, 0.1) is 17.7 Å². The van der Waals surface area contributed by atoms with Crippen LogP contribution in [0.2, 0.25) is 0 Å². The molecule has 1 heterocycles. The number of aryl methyl sites for hydroxylation is 1. The topological polar surface area (TPSA) is 50.3 Å². The van der Waals surface area contributed by atoms with Gasteiger partial charge in [0.1, 0.15) is 5.82 Å². The second kappa shape index (κ2) is 9.55. The molecule has 1 aromatic heterocycles. The lowest BCUT2D eigenvalue weighted by atomic mass is 9.99. The van der Waals surface area contributed by atoms with Crippen molar-refractivity contribution in [2.24, 2.45) is 0 Å². The van der Waals surface area contributed by atoms with Crippen molar-refractivity contribution in [1.29, 1.82) is 0 Å². The van der Waals surface area contributed by atoms with E-state index in [0.29, 0.717) is 28.8 Å². The maximum absolute atomic E-state index is 14.6. The molecule has 4 nitrogen and oxygen atoms in total. The maximum atomic E-state index is 14.6. The van der Waals surface area contributed by atoms with E-state index in [1.54, 1.807) is 50.4 Å². The zero-order chi connectivity index (χ0) is 22.5. The molecule has 31 heavy (non-hydrogen) atoms. The Morgan fingerprint density at radius 2 is 1.68 bits per heavy atom. The highest BCUT2D eigenvalue weighted by molar-refractivity contribution is 5.96. The number of nitrogens with zero attached hydrogens (tertiary/aromatic N) is 2. The van der Waals surface area contributed by atoms with Crippen LogP contribution >= 0.6 is 0 Å². The van der Waals surface area contributed by atoms with Crippen molar-refractivity contribution in [3.05, 3.63) is 83.4 Å². The van der Waals surface area contributed by atoms with Crippen LogP contribution in [0.15, 0.2) is 54.6 Å². The molecule has 0 aliphatic heterocycles. The van der Waals surface area contributed by atoms with Crippen molar-refractivity contribution in [2.45, 2.75) is 26.2 Å². The van der Waals surface area contributed by atoms with E-state index in [1.807, 2.05) is 0 Å². The number of hydrogen-bond acceptors (Lipinski definition) is 3. The van der Waals surface area contributed by atoms with Gasteiger partial charge in [-0.1, -0.05) is 31.2 Å². The number of hydrogen-bond donors (Lipinski definition) is 0. The molecule has 7 heteroatoms. The van der Waals surface area contributed by atoms with Crippen molar-refractivity contribution in [3.63, 3.8) is 0 Å². The Kier molecular flexibility index (Phi) is 6.84. The lowest BCUT2D eigenvalue weighted by Gasteiger charge is -2.17. The van der Waals surface area contributed by atoms with Gasteiger partial charge in [0.25, 0.3) is 0 Å². The summed E-state index contributed by atoms with van der Waals surface area (Å²) in [7, 11) is 1.59. The van der Waals surface area contributed by atoms with Crippen LogP contribution in [0.4, 0.5) is 18.9 Å². The Balaban J connectivity index is 1.70. The van der Waals surface area contributed by atoms with E-state index in [1.165, 1.54) is 17.0 Å². The Morgan fingerprint density at radius 1 is 0.968 bits per heavy atom. The third kappa shape index (κ3) is 5.17. The summed E-state index contributed by atoms with van der Waals surface area (Å²) in [6.07, 6.45) is 0.448. The van der Waals surface area contributed by atoms with Gasteiger partial charge in [0.05, 0.1) is 0 Å². The third-order valence-electron chi connectivity index (χ3n) is 5.05. The summed E-state index contributed by atoms with van der Waals surface area (Å²) < 4.78 is 41.1. The standard InChI is InChI=1S/C24H21F3N2O2/c1-3-23(31)29(2)18-10-11-19(20(25)14-18)15-4-6-16(7-5-15)21(30)12-8-17-9-13-22(26)28-24(17)27/h4-7,9-11,13-14H,3,8,12H2,1-2H3. The number of rotatable bonds is 7. The Bertz CT molecular complexity index is 1110. The van der Waals surface area contributed by atoms with Crippen LogP contribution in [0.25, 0.3) is 11.1 Å². The fourth-order valence-electron chi connectivity index (χ4n) is 3.18. The average Bonchev–Trinajstić information content (AvgIpc) is 2.77. The van der Waals surface area contributed by atoms with Gasteiger partial charge in [0.2, 0.25) is 17.8 Å². The number of halogens is 3. The fourth-order valence-corrected chi connectivity index (χ4v) is 3.18. The quantitative estimate of drug-likeness (QED) is 0.378. The van der Waals surface area contributed by atoms with Gasteiger partial charge in [-0.15, -0.1) is 0 Å². The molecule has 160 valence electrons. The zero-order valence-corrected chi connectivity index (χ0v) is 17.2. The number of carbonyl (C=O) groups is 2. The van der Waals surface area contributed by atoms with E-state index in [9.17, 15) is 22.8 Å². The number of anilines is 1. The first-order valence-electron chi connectivity index (χ1n) is 9.80. The summed E-state index contributed by atoms with van der Waals surface area (Å²) in [5, 5.41) is 0. The fraction of sp³-hybridized carbons (Fsp3) is 0.208. The third-order valence-corrected chi connectivity index (χ3v) is 5.05. The van der Waals surface area contributed by atoms with Gasteiger partial charge in [-0.25, -0.2) is 4.39 Å². The highest BCUT2D eigenvalue weighted by Gasteiger charge is 2.14.